The van der Waals surface area contributed by atoms with Gasteiger partial charge in [0.2, 0.25) is 5.91 Å². The molecule has 2 rings (SSSR count). The van der Waals surface area contributed by atoms with Crippen LogP contribution in [0.25, 0.3) is 0 Å². The van der Waals surface area contributed by atoms with Crippen molar-refractivity contribution in [3.05, 3.63) is 35.4 Å². The summed E-state index contributed by atoms with van der Waals surface area (Å²) in [4.78, 5) is 12.2. The Morgan fingerprint density at radius 1 is 1.35 bits per heavy atom. The molecule has 20 heavy (non-hydrogen) atoms. The Hall–Kier alpha value is -2.04. The highest BCUT2D eigenvalue weighted by atomic mass is 16.4. The van der Waals surface area contributed by atoms with E-state index in [-0.39, 0.29) is 11.7 Å². The lowest BCUT2D eigenvalue weighted by Crippen LogP contribution is -2.56. The molecule has 5 heteroatoms. The van der Waals surface area contributed by atoms with Crippen LogP contribution >= 0.6 is 0 Å². The van der Waals surface area contributed by atoms with Crippen LogP contribution in [0, 0.1) is 6.92 Å². The molecule has 1 saturated carbocycles. The fraction of sp³-hybridized carbons (Fsp3) is 0.467. The summed E-state index contributed by atoms with van der Waals surface area (Å²) in [5.74, 6) is 0.00890. The number of benzene rings is 1. The average molecular weight is 275 g/mol. The zero-order valence-electron chi connectivity index (χ0n) is 11.7. The maximum absolute atomic E-state index is 12.2. The van der Waals surface area contributed by atoms with Gasteiger partial charge in [-0.05, 0) is 25.3 Å². The van der Waals surface area contributed by atoms with Gasteiger partial charge in [-0.2, -0.15) is 0 Å². The summed E-state index contributed by atoms with van der Waals surface area (Å²) in [5.41, 5.74) is 7.21. The van der Waals surface area contributed by atoms with Gasteiger partial charge in [-0.1, -0.05) is 47.8 Å². The van der Waals surface area contributed by atoms with Gasteiger partial charge in [0.05, 0.1) is 6.42 Å². The summed E-state index contributed by atoms with van der Waals surface area (Å²) in [6, 6.07) is 7.86. The number of hydrogen-bond acceptors (Lipinski definition) is 3. The summed E-state index contributed by atoms with van der Waals surface area (Å²) < 4.78 is 0. The van der Waals surface area contributed by atoms with Crippen molar-refractivity contribution >= 4 is 11.7 Å². The number of nitrogens with zero attached hydrogens (tertiary/aromatic N) is 1. The Morgan fingerprint density at radius 2 is 1.95 bits per heavy atom. The van der Waals surface area contributed by atoms with Gasteiger partial charge in [0.25, 0.3) is 0 Å². The lowest BCUT2D eigenvalue weighted by Gasteiger charge is -2.28. The number of carbonyl (C=O) groups is 1. The largest absolute Gasteiger partial charge is 0.409 e. The predicted molar refractivity (Wildman–Crippen MR) is 77.6 cm³/mol. The smallest absolute Gasteiger partial charge is 0.225 e. The van der Waals surface area contributed by atoms with E-state index < -0.39 is 5.54 Å². The van der Waals surface area contributed by atoms with Crippen molar-refractivity contribution < 1.29 is 10.0 Å². The molecular weight excluding hydrogens is 254 g/mol. The van der Waals surface area contributed by atoms with Crippen molar-refractivity contribution in [2.24, 2.45) is 10.9 Å². The van der Waals surface area contributed by atoms with Crippen molar-refractivity contribution in [3.8, 4) is 0 Å². The third-order valence-electron chi connectivity index (χ3n) is 3.92. The molecule has 0 spiro atoms. The van der Waals surface area contributed by atoms with Gasteiger partial charge in [-0.3, -0.25) is 4.79 Å². The van der Waals surface area contributed by atoms with Crippen LogP contribution in [0.4, 0.5) is 0 Å². The molecule has 0 unspecified atom stereocenters. The summed E-state index contributed by atoms with van der Waals surface area (Å²) in [6.45, 7) is 2.01. The molecule has 108 valence electrons. The Kier molecular flexibility index (Phi) is 4.27. The van der Waals surface area contributed by atoms with E-state index in [1.165, 1.54) is 0 Å². The molecule has 1 aromatic carbocycles. The SMILES string of the molecule is Cc1ccc(CC(=O)NC2(/C(N)=N/O)CCCC2)cc1. The second kappa shape index (κ2) is 5.94. The monoisotopic (exact) mass is 275 g/mol. The minimum atomic E-state index is -0.670. The molecule has 0 radical (unpaired) electrons. The summed E-state index contributed by atoms with van der Waals surface area (Å²) in [6.07, 6.45) is 3.70. The molecule has 1 aromatic rings. The van der Waals surface area contributed by atoms with Gasteiger partial charge in [0.1, 0.15) is 5.54 Å². The highest BCUT2D eigenvalue weighted by Gasteiger charge is 2.39. The number of rotatable bonds is 4. The normalized spacial score (nSPS) is 17.9. The maximum Gasteiger partial charge on any atom is 0.225 e. The van der Waals surface area contributed by atoms with Crippen molar-refractivity contribution in [2.45, 2.75) is 44.6 Å². The lowest BCUT2D eigenvalue weighted by molar-refractivity contribution is -0.121. The summed E-state index contributed by atoms with van der Waals surface area (Å²) >= 11 is 0. The standard InChI is InChI=1S/C15H21N3O2/c1-11-4-6-12(7-5-11)10-13(19)17-15(14(16)18-20)8-2-3-9-15/h4-7,20H,2-3,8-10H2,1H3,(H2,16,18)(H,17,19). The number of amidine groups is 1. The van der Waals surface area contributed by atoms with Crippen LogP contribution < -0.4 is 11.1 Å². The van der Waals surface area contributed by atoms with Crippen LogP contribution in [0.1, 0.15) is 36.8 Å². The van der Waals surface area contributed by atoms with Crippen molar-refractivity contribution in [2.75, 3.05) is 0 Å². The Morgan fingerprint density at radius 3 is 2.50 bits per heavy atom. The van der Waals surface area contributed by atoms with E-state index in [0.717, 1.165) is 36.8 Å². The van der Waals surface area contributed by atoms with E-state index in [0.29, 0.717) is 6.42 Å². The van der Waals surface area contributed by atoms with Crippen molar-refractivity contribution in [1.29, 1.82) is 0 Å². The Bertz CT molecular complexity index is 502. The first-order valence-corrected chi connectivity index (χ1v) is 6.90. The van der Waals surface area contributed by atoms with Gasteiger partial charge in [-0.25, -0.2) is 0 Å². The summed E-state index contributed by atoms with van der Waals surface area (Å²) in [7, 11) is 0. The second-order valence-electron chi connectivity index (χ2n) is 5.49. The highest BCUT2D eigenvalue weighted by Crippen LogP contribution is 2.30. The molecule has 4 N–H and O–H groups in total. The first kappa shape index (κ1) is 14.4. The third kappa shape index (κ3) is 3.10. The number of oxime groups is 1. The maximum atomic E-state index is 12.2. The van der Waals surface area contributed by atoms with Crippen LogP contribution in [0.5, 0.6) is 0 Å². The van der Waals surface area contributed by atoms with Crippen molar-refractivity contribution in [1.82, 2.24) is 5.32 Å². The van der Waals surface area contributed by atoms with E-state index in [1.807, 2.05) is 31.2 Å². The first-order chi connectivity index (χ1) is 9.55. The molecule has 0 bridgehead atoms. The molecular formula is C15H21N3O2. The number of nitrogens with two attached hydrogens (primary N) is 1. The number of hydrogen-bond donors (Lipinski definition) is 3. The topological polar surface area (TPSA) is 87.7 Å². The van der Waals surface area contributed by atoms with Crippen LogP contribution in [-0.4, -0.2) is 22.5 Å². The van der Waals surface area contributed by atoms with Gasteiger partial charge >= 0.3 is 0 Å². The van der Waals surface area contributed by atoms with E-state index in [9.17, 15) is 4.79 Å². The molecule has 1 amide bonds. The molecule has 1 fully saturated rings. The van der Waals surface area contributed by atoms with Crippen LogP contribution in [-0.2, 0) is 11.2 Å². The molecule has 0 saturated heterocycles. The molecule has 5 nitrogen and oxygen atoms in total. The molecule has 0 aliphatic heterocycles. The minimum Gasteiger partial charge on any atom is -0.409 e. The number of nitrogens with one attached hydrogen (secondary N) is 1. The number of amides is 1. The zero-order chi connectivity index (χ0) is 14.6. The average Bonchev–Trinajstić information content (AvgIpc) is 2.90. The van der Waals surface area contributed by atoms with Crippen LogP contribution in [0.3, 0.4) is 0 Å². The van der Waals surface area contributed by atoms with Crippen LogP contribution in [0.15, 0.2) is 29.4 Å². The quantitative estimate of drug-likeness (QED) is 0.338. The van der Waals surface area contributed by atoms with E-state index in [4.69, 9.17) is 10.9 Å². The van der Waals surface area contributed by atoms with Crippen molar-refractivity contribution in [3.63, 3.8) is 0 Å². The lowest BCUT2D eigenvalue weighted by atomic mass is 9.95. The Balaban J connectivity index is 2.04. The van der Waals surface area contributed by atoms with Gasteiger partial charge < -0.3 is 16.3 Å². The second-order valence-corrected chi connectivity index (χ2v) is 5.49. The molecule has 0 aromatic heterocycles. The van der Waals surface area contributed by atoms with Gasteiger partial charge in [0, 0.05) is 0 Å². The fourth-order valence-electron chi connectivity index (χ4n) is 2.72. The molecule has 0 atom stereocenters. The molecule has 0 heterocycles. The first-order valence-electron chi connectivity index (χ1n) is 6.90. The van der Waals surface area contributed by atoms with Gasteiger partial charge in [-0.15, -0.1) is 0 Å². The number of carbonyl (C=O) groups excluding carboxylic acids is 1. The number of aryl methyl sites for hydroxylation is 1. The fourth-order valence-corrected chi connectivity index (χ4v) is 2.72. The molecule has 1 aliphatic rings. The van der Waals surface area contributed by atoms with E-state index in [1.54, 1.807) is 0 Å². The Labute approximate surface area is 118 Å². The van der Waals surface area contributed by atoms with Crippen LogP contribution in [0.2, 0.25) is 0 Å². The predicted octanol–water partition coefficient (Wildman–Crippen LogP) is 1.71. The van der Waals surface area contributed by atoms with Gasteiger partial charge in [0.15, 0.2) is 5.84 Å². The zero-order valence-corrected chi connectivity index (χ0v) is 11.7. The molecule has 1 aliphatic carbocycles. The summed E-state index contributed by atoms with van der Waals surface area (Å²) in [5, 5.41) is 15.0. The van der Waals surface area contributed by atoms with E-state index in [2.05, 4.69) is 10.5 Å². The third-order valence-corrected chi connectivity index (χ3v) is 3.92. The minimum absolute atomic E-state index is 0.0950. The highest BCUT2D eigenvalue weighted by molar-refractivity contribution is 5.94. The van der Waals surface area contributed by atoms with E-state index >= 15 is 0 Å².